The van der Waals surface area contributed by atoms with E-state index in [0.717, 1.165) is 5.01 Å². The van der Waals surface area contributed by atoms with Crippen molar-refractivity contribution < 1.29 is 22.9 Å². The molecule has 2 aromatic carbocycles. The first-order valence-electron chi connectivity index (χ1n) is 8.70. The summed E-state index contributed by atoms with van der Waals surface area (Å²) in [4.78, 5) is 22.8. The standard InChI is InChI=1S/C19H15F3N4O3/c20-19(21,22)17-16(12-4-2-1-3-5-12)18-23-14(10-15(27)25(18)24-17)11-6-8-13(9-7-11)26(28)29/h1-10,16-18,23-24H. The van der Waals surface area contributed by atoms with E-state index in [-0.39, 0.29) is 5.69 Å². The van der Waals surface area contributed by atoms with Gasteiger partial charge in [-0.1, -0.05) is 30.3 Å². The van der Waals surface area contributed by atoms with E-state index in [9.17, 15) is 28.1 Å². The molecule has 29 heavy (non-hydrogen) atoms. The van der Waals surface area contributed by atoms with Crippen molar-refractivity contribution in [2.45, 2.75) is 24.3 Å². The molecule has 2 heterocycles. The van der Waals surface area contributed by atoms with Gasteiger partial charge in [-0.15, -0.1) is 0 Å². The third-order valence-electron chi connectivity index (χ3n) is 4.99. The van der Waals surface area contributed by atoms with Gasteiger partial charge in [-0.2, -0.15) is 13.2 Å². The molecule has 0 spiro atoms. The van der Waals surface area contributed by atoms with E-state index >= 15 is 0 Å². The molecule has 0 aromatic heterocycles. The van der Waals surface area contributed by atoms with Gasteiger partial charge in [0.2, 0.25) is 0 Å². The Bertz CT molecular complexity index is 976. The number of hydrazine groups is 1. The number of fused-ring (bicyclic) bond motifs is 1. The summed E-state index contributed by atoms with van der Waals surface area (Å²) in [5, 5.41) is 14.8. The molecule has 2 aliphatic rings. The van der Waals surface area contributed by atoms with Crippen LogP contribution in [0.25, 0.3) is 5.70 Å². The normalized spacial score (nSPS) is 24.0. The lowest BCUT2D eigenvalue weighted by Gasteiger charge is -2.33. The number of non-ortho nitro benzene ring substituents is 1. The van der Waals surface area contributed by atoms with Gasteiger partial charge in [-0.05, 0) is 23.3 Å². The fourth-order valence-corrected chi connectivity index (χ4v) is 3.66. The van der Waals surface area contributed by atoms with Crippen molar-refractivity contribution in [3.63, 3.8) is 0 Å². The van der Waals surface area contributed by atoms with Crippen molar-refractivity contribution in [3.05, 3.63) is 81.9 Å². The van der Waals surface area contributed by atoms with Gasteiger partial charge in [0, 0.05) is 23.9 Å². The number of nitrogens with zero attached hydrogens (tertiary/aromatic N) is 2. The summed E-state index contributed by atoms with van der Waals surface area (Å²) in [5.74, 6) is -1.71. The van der Waals surface area contributed by atoms with Crippen LogP contribution in [-0.2, 0) is 4.79 Å². The van der Waals surface area contributed by atoms with Crippen molar-refractivity contribution in [1.82, 2.24) is 15.8 Å². The number of nitro benzene ring substituents is 1. The molecule has 2 N–H and O–H groups in total. The van der Waals surface area contributed by atoms with Gasteiger partial charge in [0.05, 0.1) is 10.8 Å². The van der Waals surface area contributed by atoms with Crippen molar-refractivity contribution in [2.75, 3.05) is 0 Å². The van der Waals surface area contributed by atoms with Gasteiger partial charge in [-0.3, -0.25) is 19.9 Å². The molecule has 1 amide bonds. The molecular weight excluding hydrogens is 389 g/mol. The Balaban J connectivity index is 1.70. The first kappa shape index (κ1) is 18.9. The van der Waals surface area contributed by atoms with E-state index in [1.807, 2.05) is 0 Å². The number of amides is 1. The number of hydrogen-bond donors (Lipinski definition) is 2. The first-order chi connectivity index (χ1) is 13.8. The number of nitro groups is 1. The van der Waals surface area contributed by atoms with Crippen molar-refractivity contribution in [2.24, 2.45) is 0 Å². The lowest BCUT2D eigenvalue weighted by atomic mass is 9.89. The highest BCUT2D eigenvalue weighted by Gasteiger charge is 2.57. The molecule has 150 valence electrons. The Hall–Kier alpha value is -3.40. The molecule has 3 atom stereocenters. The molecule has 0 aliphatic carbocycles. The Morgan fingerprint density at radius 1 is 1.03 bits per heavy atom. The number of nitrogens with one attached hydrogen (secondary N) is 2. The Labute approximate surface area is 162 Å². The zero-order valence-corrected chi connectivity index (χ0v) is 14.8. The van der Waals surface area contributed by atoms with Crippen LogP contribution in [0.15, 0.2) is 60.7 Å². The predicted molar refractivity (Wildman–Crippen MR) is 97.0 cm³/mol. The first-order valence-corrected chi connectivity index (χ1v) is 8.70. The van der Waals surface area contributed by atoms with Gasteiger partial charge in [0.1, 0.15) is 12.2 Å². The van der Waals surface area contributed by atoms with Crippen LogP contribution in [0.2, 0.25) is 0 Å². The molecule has 7 nitrogen and oxygen atoms in total. The molecule has 2 aliphatic heterocycles. The zero-order chi connectivity index (χ0) is 20.8. The van der Waals surface area contributed by atoms with Crippen LogP contribution >= 0.6 is 0 Å². The highest BCUT2D eigenvalue weighted by atomic mass is 19.4. The predicted octanol–water partition coefficient (Wildman–Crippen LogP) is 2.93. The van der Waals surface area contributed by atoms with Crippen LogP contribution in [0, 0.1) is 10.1 Å². The molecule has 3 unspecified atom stereocenters. The lowest BCUT2D eigenvalue weighted by molar-refractivity contribution is -0.384. The van der Waals surface area contributed by atoms with Gasteiger partial charge < -0.3 is 5.32 Å². The third-order valence-corrected chi connectivity index (χ3v) is 4.99. The summed E-state index contributed by atoms with van der Waals surface area (Å²) < 4.78 is 41.1. The second-order valence-corrected chi connectivity index (χ2v) is 6.74. The Kier molecular flexibility index (Phi) is 4.50. The topological polar surface area (TPSA) is 87.5 Å². The lowest BCUT2D eigenvalue weighted by Crippen LogP contribution is -2.53. The van der Waals surface area contributed by atoms with E-state index < -0.39 is 35.1 Å². The van der Waals surface area contributed by atoms with Crippen LogP contribution in [-0.4, -0.2) is 34.2 Å². The number of alkyl halides is 3. The number of benzene rings is 2. The second-order valence-electron chi connectivity index (χ2n) is 6.74. The fourth-order valence-electron chi connectivity index (χ4n) is 3.66. The number of carbonyl (C=O) groups is 1. The zero-order valence-electron chi connectivity index (χ0n) is 14.8. The quantitative estimate of drug-likeness (QED) is 0.607. The Morgan fingerprint density at radius 2 is 1.69 bits per heavy atom. The minimum absolute atomic E-state index is 0.125. The van der Waals surface area contributed by atoms with Crippen LogP contribution in [0.4, 0.5) is 18.9 Å². The maximum Gasteiger partial charge on any atom is 0.406 e. The molecular formula is C19H15F3N4O3. The monoisotopic (exact) mass is 404 g/mol. The van der Waals surface area contributed by atoms with Crippen molar-refractivity contribution in [3.8, 4) is 0 Å². The van der Waals surface area contributed by atoms with Crippen LogP contribution in [0.5, 0.6) is 0 Å². The van der Waals surface area contributed by atoms with Crippen molar-refractivity contribution >= 4 is 17.3 Å². The molecule has 10 heteroatoms. The van der Waals surface area contributed by atoms with Gasteiger partial charge in [0.15, 0.2) is 0 Å². The molecule has 4 rings (SSSR count). The van der Waals surface area contributed by atoms with E-state index in [0.29, 0.717) is 16.8 Å². The highest BCUT2D eigenvalue weighted by Crippen LogP contribution is 2.41. The Morgan fingerprint density at radius 3 is 2.28 bits per heavy atom. The largest absolute Gasteiger partial charge is 0.406 e. The van der Waals surface area contributed by atoms with E-state index in [1.165, 1.54) is 30.3 Å². The number of hydrogen-bond acceptors (Lipinski definition) is 5. The van der Waals surface area contributed by atoms with E-state index in [2.05, 4.69) is 10.7 Å². The van der Waals surface area contributed by atoms with Crippen molar-refractivity contribution in [1.29, 1.82) is 0 Å². The van der Waals surface area contributed by atoms with Gasteiger partial charge in [0.25, 0.3) is 11.6 Å². The maximum absolute atomic E-state index is 13.7. The number of halogens is 3. The SMILES string of the molecule is O=C1C=C(c2ccc([N+](=O)[O-])cc2)NC2C(c3ccccc3)C(C(F)(F)F)NN12. The maximum atomic E-state index is 13.7. The average molecular weight is 404 g/mol. The van der Waals surface area contributed by atoms with Gasteiger partial charge >= 0.3 is 6.18 Å². The van der Waals surface area contributed by atoms with Crippen LogP contribution < -0.4 is 10.7 Å². The minimum Gasteiger partial charge on any atom is -0.363 e. The molecule has 1 fully saturated rings. The molecule has 0 saturated carbocycles. The number of rotatable bonds is 3. The molecule has 0 radical (unpaired) electrons. The molecule has 1 saturated heterocycles. The smallest absolute Gasteiger partial charge is 0.363 e. The minimum atomic E-state index is -4.58. The van der Waals surface area contributed by atoms with E-state index in [4.69, 9.17) is 0 Å². The summed E-state index contributed by atoms with van der Waals surface area (Å²) in [6.45, 7) is 0. The van der Waals surface area contributed by atoms with Crippen LogP contribution in [0.3, 0.4) is 0 Å². The summed E-state index contributed by atoms with van der Waals surface area (Å²) in [6.07, 6.45) is -4.38. The highest BCUT2D eigenvalue weighted by molar-refractivity contribution is 5.97. The molecule has 2 aromatic rings. The fraction of sp³-hybridized carbons (Fsp3) is 0.211. The van der Waals surface area contributed by atoms with E-state index in [1.54, 1.807) is 30.3 Å². The second kappa shape index (κ2) is 6.89. The summed E-state index contributed by atoms with van der Waals surface area (Å²) >= 11 is 0. The number of carbonyl (C=O) groups excluding carboxylic acids is 1. The molecule has 0 bridgehead atoms. The van der Waals surface area contributed by atoms with Gasteiger partial charge in [-0.25, -0.2) is 5.43 Å². The third kappa shape index (κ3) is 3.42. The summed E-state index contributed by atoms with van der Waals surface area (Å²) in [7, 11) is 0. The summed E-state index contributed by atoms with van der Waals surface area (Å²) in [5.41, 5.74) is 3.36. The van der Waals surface area contributed by atoms with Crippen LogP contribution in [0.1, 0.15) is 17.0 Å². The summed E-state index contributed by atoms with van der Waals surface area (Å²) in [6, 6.07) is 11.7. The average Bonchev–Trinajstić information content (AvgIpc) is 3.09.